The van der Waals surface area contributed by atoms with Crippen LogP contribution in [-0.4, -0.2) is 33.9 Å². The average molecular weight is 345 g/mol. The molecular formula is C18H23N3O4. The van der Waals surface area contributed by atoms with Crippen molar-refractivity contribution in [2.75, 3.05) is 12.4 Å². The van der Waals surface area contributed by atoms with Crippen molar-refractivity contribution < 1.29 is 19.4 Å². The van der Waals surface area contributed by atoms with Gasteiger partial charge in [0.15, 0.2) is 5.69 Å². The fraction of sp³-hybridized carbons (Fsp3) is 0.389. The van der Waals surface area contributed by atoms with Crippen molar-refractivity contribution in [1.82, 2.24) is 9.78 Å². The van der Waals surface area contributed by atoms with Crippen LogP contribution >= 0.6 is 0 Å². The molecule has 1 aromatic carbocycles. The van der Waals surface area contributed by atoms with Gasteiger partial charge in [0.05, 0.1) is 18.5 Å². The molecule has 1 amide bonds. The molecule has 7 heteroatoms. The Morgan fingerprint density at radius 1 is 1.36 bits per heavy atom. The number of aryl methyl sites for hydroxylation is 1. The van der Waals surface area contributed by atoms with E-state index in [1.54, 1.807) is 24.3 Å². The Hall–Kier alpha value is -2.83. The van der Waals surface area contributed by atoms with E-state index in [0.717, 1.165) is 0 Å². The number of rotatable bonds is 7. The third kappa shape index (κ3) is 4.17. The Kier molecular flexibility index (Phi) is 5.80. The van der Waals surface area contributed by atoms with Crippen LogP contribution in [0.3, 0.4) is 0 Å². The molecule has 0 saturated carbocycles. The first kappa shape index (κ1) is 18.5. The summed E-state index contributed by atoms with van der Waals surface area (Å²) >= 11 is 0. The second-order valence-corrected chi connectivity index (χ2v) is 6.08. The Labute approximate surface area is 146 Å². The van der Waals surface area contributed by atoms with Gasteiger partial charge in [-0.05, 0) is 37.5 Å². The standard InChI is InChI=1S/C18H23N3O4/c1-5-21-16(18(23)24)15(14(20-21)9-11(2)3)19-17(22)12-7-6-8-13(10-12)25-4/h6-8,10-11H,5,9H2,1-4H3,(H,19,22)(H,23,24). The number of nitrogens with zero attached hydrogens (tertiary/aromatic N) is 2. The molecule has 0 aliphatic rings. The summed E-state index contributed by atoms with van der Waals surface area (Å²) in [4.78, 5) is 24.3. The van der Waals surface area contributed by atoms with E-state index in [0.29, 0.717) is 30.0 Å². The molecule has 0 radical (unpaired) electrons. The van der Waals surface area contributed by atoms with Gasteiger partial charge in [-0.15, -0.1) is 0 Å². The zero-order valence-electron chi connectivity index (χ0n) is 14.9. The molecule has 1 aromatic heterocycles. The van der Waals surface area contributed by atoms with Crippen molar-refractivity contribution in [3.63, 3.8) is 0 Å². The summed E-state index contributed by atoms with van der Waals surface area (Å²) < 4.78 is 6.53. The first-order valence-corrected chi connectivity index (χ1v) is 8.15. The lowest BCUT2D eigenvalue weighted by atomic mass is 10.1. The Morgan fingerprint density at radius 3 is 2.64 bits per heavy atom. The maximum absolute atomic E-state index is 12.6. The van der Waals surface area contributed by atoms with Crippen LogP contribution in [0.4, 0.5) is 5.69 Å². The number of carboxylic acids is 1. The number of aromatic nitrogens is 2. The fourth-order valence-electron chi connectivity index (χ4n) is 2.57. The van der Waals surface area contributed by atoms with Crippen LogP contribution in [0.1, 0.15) is 47.3 Å². The molecule has 0 unspecified atom stereocenters. The molecule has 0 aliphatic carbocycles. The number of carbonyl (C=O) groups is 2. The highest BCUT2D eigenvalue weighted by Crippen LogP contribution is 2.25. The van der Waals surface area contributed by atoms with Crippen LogP contribution in [0.2, 0.25) is 0 Å². The Balaban J connectivity index is 2.43. The van der Waals surface area contributed by atoms with Gasteiger partial charge in [-0.2, -0.15) is 5.10 Å². The minimum Gasteiger partial charge on any atom is -0.497 e. The number of aromatic carboxylic acids is 1. The van der Waals surface area contributed by atoms with Crippen LogP contribution in [0.5, 0.6) is 5.75 Å². The fourth-order valence-corrected chi connectivity index (χ4v) is 2.57. The van der Waals surface area contributed by atoms with Crippen molar-refractivity contribution in [3.8, 4) is 5.75 Å². The normalized spacial score (nSPS) is 10.8. The van der Waals surface area contributed by atoms with Gasteiger partial charge in [0.25, 0.3) is 5.91 Å². The van der Waals surface area contributed by atoms with Gasteiger partial charge < -0.3 is 15.2 Å². The van der Waals surface area contributed by atoms with Gasteiger partial charge in [-0.3, -0.25) is 9.48 Å². The SMILES string of the molecule is CCn1nc(CC(C)C)c(NC(=O)c2cccc(OC)c2)c1C(=O)O. The van der Waals surface area contributed by atoms with E-state index >= 15 is 0 Å². The Morgan fingerprint density at radius 2 is 2.08 bits per heavy atom. The van der Waals surface area contributed by atoms with Crippen LogP contribution in [0.25, 0.3) is 0 Å². The summed E-state index contributed by atoms with van der Waals surface area (Å²) in [6.07, 6.45) is 0.570. The number of carbonyl (C=O) groups excluding carboxylic acids is 1. The molecule has 0 saturated heterocycles. The summed E-state index contributed by atoms with van der Waals surface area (Å²) in [5, 5.41) is 16.7. The third-order valence-electron chi connectivity index (χ3n) is 3.70. The van der Waals surface area contributed by atoms with Gasteiger partial charge >= 0.3 is 5.97 Å². The van der Waals surface area contributed by atoms with Crippen LogP contribution < -0.4 is 10.1 Å². The number of anilines is 1. The van der Waals surface area contributed by atoms with E-state index in [2.05, 4.69) is 10.4 Å². The summed E-state index contributed by atoms with van der Waals surface area (Å²) in [6, 6.07) is 6.68. The van der Waals surface area contributed by atoms with Crippen molar-refractivity contribution in [2.24, 2.45) is 5.92 Å². The minimum atomic E-state index is -1.12. The van der Waals surface area contributed by atoms with Gasteiger partial charge in [-0.25, -0.2) is 4.79 Å². The number of carboxylic acid groups (broad SMARTS) is 1. The Bertz CT molecular complexity index is 781. The summed E-state index contributed by atoms with van der Waals surface area (Å²) in [6.45, 7) is 6.24. The molecule has 0 bridgehead atoms. The third-order valence-corrected chi connectivity index (χ3v) is 3.70. The molecule has 7 nitrogen and oxygen atoms in total. The maximum atomic E-state index is 12.6. The van der Waals surface area contributed by atoms with Crippen molar-refractivity contribution in [3.05, 3.63) is 41.2 Å². The summed E-state index contributed by atoms with van der Waals surface area (Å²) in [5.74, 6) is -0.695. The molecule has 0 aliphatic heterocycles. The molecule has 0 atom stereocenters. The predicted molar refractivity (Wildman–Crippen MR) is 94.3 cm³/mol. The van der Waals surface area contributed by atoms with Gasteiger partial charge in [0.1, 0.15) is 5.75 Å². The molecule has 2 aromatic rings. The van der Waals surface area contributed by atoms with E-state index < -0.39 is 11.9 Å². The second-order valence-electron chi connectivity index (χ2n) is 6.08. The molecular weight excluding hydrogens is 322 g/mol. The van der Waals surface area contributed by atoms with Crippen molar-refractivity contribution >= 4 is 17.6 Å². The number of nitrogens with one attached hydrogen (secondary N) is 1. The van der Waals surface area contributed by atoms with Gasteiger partial charge in [0.2, 0.25) is 0 Å². The number of benzene rings is 1. The number of amides is 1. The van der Waals surface area contributed by atoms with Gasteiger partial charge in [0, 0.05) is 12.1 Å². The first-order chi connectivity index (χ1) is 11.9. The smallest absolute Gasteiger partial charge is 0.356 e. The molecule has 2 N–H and O–H groups in total. The summed E-state index contributed by atoms with van der Waals surface area (Å²) in [5.41, 5.74) is 1.21. The minimum absolute atomic E-state index is 0.00519. The summed E-state index contributed by atoms with van der Waals surface area (Å²) in [7, 11) is 1.52. The quantitative estimate of drug-likeness (QED) is 0.804. The van der Waals surface area contributed by atoms with Gasteiger partial charge in [-0.1, -0.05) is 19.9 Å². The number of hydrogen-bond donors (Lipinski definition) is 2. The highest BCUT2D eigenvalue weighted by Gasteiger charge is 2.25. The van der Waals surface area contributed by atoms with E-state index in [4.69, 9.17) is 4.74 Å². The molecule has 134 valence electrons. The molecule has 1 heterocycles. The predicted octanol–water partition coefficient (Wildman–Crippen LogP) is 3.06. The monoisotopic (exact) mass is 345 g/mol. The maximum Gasteiger partial charge on any atom is 0.356 e. The number of ether oxygens (including phenoxy) is 1. The zero-order chi connectivity index (χ0) is 18.6. The highest BCUT2D eigenvalue weighted by atomic mass is 16.5. The highest BCUT2D eigenvalue weighted by molar-refractivity contribution is 6.08. The zero-order valence-corrected chi connectivity index (χ0v) is 14.9. The number of hydrogen-bond acceptors (Lipinski definition) is 4. The molecule has 25 heavy (non-hydrogen) atoms. The van der Waals surface area contributed by atoms with E-state index in [9.17, 15) is 14.7 Å². The van der Waals surface area contributed by atoms with Crippen LogP contribution in [0.15, 0.2) is 24.3 Å². The average Bonchev–Trinajstić information content (AvgIpc) is 2.91. The van der Waals surface area contributed by atoms with Crippen molar-refractivity contribution in [2.45, 2.75) is 33.7 Å². The van der Waals surface area contributed by atoms with E-state index in [1.807, 2.05) is 20.8 Å². The first-order valence-electron chi connectivity index (χ1n) is 8.15. The topological polar surface area (TPSA) is 93.5 Å². The molecule has 2 rings (SSSR count). The van der Waals surface area contributed by atoms with Crippen molar-refractivity contribution in [1.29, 1.82) is 0 Å². The lowest BCUT2D eigenvalue weighted by Gasteiger charge is -2.09. The largest absolute Gasteiger partial charge is 0.497 e. The molecule has 0 spiro atoms. The van der Waals surface area contributed by atoms with E-state index in [1.165, 1.54) is 11.8 Å². The second kappa shape index (κ2) is 7.83. The van der Waals surface area contributed by atoms with Crippen LogP contribution in [-0.2, 0) is 13.0 Å². The van der Waals surface area contributed by atoms with E-state index in [-0.39, 0.29) is 17.3 Å². The van der Waals surface area contributed by atoms with Crippen LogP contribution in [0, 0.1) is 5.92 Å². The lowest BCUT2D eigenvalue weighted by Crippen LogP contribution is -2.17. The molecule has 0 fully saturated rings. The lowest BCUT2D eigenvalue weighted by molar-refractivity contribution is 0.0684. The number of methoxy groups -OCH3 is 1.